The molecule has 1 heterocycles. The molecule has 146 valence electrons. The second-order valence-electron chi connectivity index (χ2n) is 5.98. The number of rotatable bonds is 5. The van der Waals surface area contributed by atoms with E-state index in [9.17, 15) is 8.78 Å². The highest BCUT2D eigenvalue weighted by Crippen LogP contribution is 2.20. The van der Waals surface area contributed by atoms with Crippen LogP contribution in [-0.2, 0) is 6.54 Å². The summed E-state index contributed by atoms with van der Waals surface area (Å²) >= 11 is 5.97. The quantitative estimate of drug-likeness (QED) is 0.494. The van der Waals surface area contributed by atoms with Gasteiger partial charge >= 0.3 is 0 Å². The minimum atomic E-state index is -0.626. The molecule has 3 rings (SSSR count). The van der Waals surface area contributed by atoms with Crippen LogP contribution in [0.2, 0.25) is 5.02 Å². The summed E-state index contributed by atoms with van der Waals surface area (Å²) in [5.74, 6) is -0.0809. The monoisotopic (exact) mass is 405 g/mol. The van der Waals surface area contributed by atoms with Gasteiger partial charge in [-0.15, -0.1) is 0 Å². The molecule has 2 N–H and O–H groups in total. The SMILES string of the molecule is CN=C(NCc1nc(-c2cccc(Cl)c2)no1)NC(C)c1ccc(F)cc1F. The van der Waals surface area contributed by atoms with E-state index in [1.54, 1.807) is 32.2 Å². The Morgan fingerprint density at radius 1 is 1.25 bits per heavy atom. The normalized spacial score (nSPS) is 12.7. The molecule has 0 aliphatic carbocycles. The highest BCUT2D eigenvalue weighted by molar-refractivity contribution is 6.30. The van der Waals surface area contributed by atoms with Gasteiger partial charge in [-0.05, 0) is 25.1 Å². The average molecular weight is 406 g/mol. The number of hydrogen-bond acceptors (Lipinski definition) is 4. The number of aromatic nitrogens is 2. The molecule has 1 unspecified atom stereocenters. The summed E-state index contributed by atoms with van der Waals surface area (Å²) in [5, 5.41) is 10.5. The summed E-state index contributed by atoms with van der Waals surface area (Å²) in [6, 6.07) is 10.1. The fraction of sp³-hybridized carbons (Fsp3) is 0.211. The number of nitrogens with one attached hydrogen (secondary N) is 2. The second kappa shape index (κ2) is 8.79. The topological polar surface area (TPSA) is 75.3 Å². The Hall–Kier alpha value is -3.00. The highest BCUT2D eigenvalue weighted by atomic mass is 35.5. The summed E-state index contributed by atoms with van der Waals surface area (Å²) in [5.41, 5.74) is 1.07. The van der Waals surface area contributed by atoms with E-state index >= 15 is 0 Å². The summed E-state index contributed by atoms with van der Waals surface area (Å²) in [7, 11) is 1.58. The van der Waals surface area contributed by atoms with Gasteiger partial charge in [0.15, 0.2) is 5.96 Å². The Morgan fingerprint density at radius 2 is 2.07 bits per heavy atom. The zero-order valence-corrected chi connectivity index (χ0v) is 16.0. The smallest absolute Gasteiger partial charge is 0.246 e. The van der Waals surface area contributed by atoms with E-state index in [1.165, 1.54) is 12.1 Å². The standard InChI is InChI=1S/C19H18ClF2N5O/c1-11(15-7-6-14(21)9-16(15)22)25-19(23-2)24-10-17-26-18(27-28-17)12-4-3-5-13(20)8-12/h3-9,11H,10H2,1-2H3,(H2,23,24,25). The molecule has 0 aliphatic heterocycles. The van der Waals surface area contributed by atoms with Crippen LogP contribution in [0.1, 0.15) is 24.4 Å². The van der Waals surface area contributed by atoms with Gasteiger partial charge in [0.1, 0.15) is 11.6 Å². The third-order valence-corrected chi connectivity index (χ3v) is 4.20. The third-order valence-electron chi connectivity index (χ3n) is 3.96. The van der Waals surface area contributed by atoms with Crippen LogP contribution in [0.25, 0.3) is 11.4 Å². The van der Waals surface area contributed by atoms with E-state index in [2.05, 4.69) is 25.8 Å². The van der Waals surface area contributed by atoms with Crippen molar-refractivity contribution in [2.24, 2.45) is 4.99 Å². The Balaban J connectivity index is 1.61. The van der Waals surface area contributed by atoms with Gasteiger partial charge in [-0.3, -0.25) is 4.99 Å². The van der Waals surface area contributed by atoms with Crippen molar-refractivity contribution in [3.63, 3.8) is 0 Å². The third kappa shape index (κ3) is 4.83. The molecule has 0 aliphatic rings. The van der Waals surface area contributed by atoms with Crippen molar-refractivity contribution in [3.8, 4) is 11.4 Å². The lowest BCUT2D eigenvalue weighted by Gasteiger charge is -2.18. The molecule has 0 saturated heterocycles. The van der Waals surface area contributed by atoms with E-state index in [-0.39, 0.29) is 6.54 Å². The number of hydrogen-bond donors (Lipinski definition) is 2. The molecule has 0 radical (unpaired) electrons. The van der Waals surface area contributed by atoms with Gasteiger partial charge in [0, 0.05) is 29.3 Å². The van der Waals surface area contributed by atoms with Crippen LogP contribution in [0.4, 0.5) is 8.78 Å². The van der Waals surface area contributed by atoms with Crippen molar-refractivity contribution in [2.75, 3.05) is 7.05 Å². The molecule has 0 saturated carbocycles. The molecule has 2 aromatic carbocycles. The lowest BCUT2D eigenvalue weighted by Crippen LogP contribution is -2.38. The number of guanidine groups is 1. The summed E-state index contributed by atoms with van der Waals surface area (Å²) < 4.78 is 32.2. The maximum absolute atomic E-state index is 13.9. The molecule has 0 spiro atoms. The minimum Gasteiger partial charge on any atom is -0.350 e. The largest absolute Gasteiger partial charge is 0.350 e. The first-order valence-corrected chi connectivity index (χ1v) is 8.84. The van der Waals surface area contributed by atoms with Crippen LogP contribution >= 0.6 is 11.6 Å². The molecule has 3 aromatic rings. The van der Waals surface area contributed by atoms with Crippen LogP contribution in [0.15, 0.2) is 52.0 Å². The Kier molecular flexibility index (Phi) is 6.20. The summed E-state index contributed by atoms with van der Waals surface area (Å²) in [6.07, 6.45) is 0. The van der Waals surface area contributed by atoms with E-state index in [1.807, 2.05) is 6.07 Å². The summed E-state index contributed by atoms with van der Waals surface area (Å²) in [4.78, 5) is 8.39. The first-order chi connectivity index (χ1) is 13.5. The van der Waals surface area contributed by atoms with E-state index < -0.39 is 17.7 Å². The number of aliphatic imine (C=N–C) groups is 1. The van der Waals surface area contributed by atoms with Crippen molar-refractivity contribution >= 4 is 17.6 Å². The second-order valence-corrected chi connectivity index (χ2v) is 6.42. The molecule has 1 aromatic heterocycles. The van der Waals surface area contributed by atoms with Crippen molar-refractivity contribution in [1.29, 1.82) is 0 Å². The lowest BCUT2D eigenvalue weighted by molar-refractivity contribution is 0.375. The van der Waals surface area contributed by atoms with E-state index in [0.29, 0.717) is 28.3 Å². The maximum atomic E-state index is 13.9. The van der Waals surface area contributed by atoms with Gasteiger partial charge in [-0.25, -0.2) is 8.78 Å². The molecule has 6 nitrogen and oxygen atoms in total. The lowest BCUT2D eigenvalue weighted by atomic mass is 10.1. The molecule has 9 heteroatoms. The number of halogens is 3. The van der Waals surface area contributed by atoms with Crippen LogP contribution in [0, 0.1) is 11.6 Å². The molecule has 0 bridgehead atoms. The first-order valence-electron chi connectivity index (χ1n) is 8.47. The fourth-order valence-corrected chi connectivity index (χ4v) is 2.75. The molecule has 1 atom stereocenters. The van der Waals surface area contributed by atoms with Crippen LogP contribution in [0.3, 0.4) is 0 Å². The van der Waals surface area contributed by atoms with Crippen LogP contribution in [-0.4, -0.2) is 23.1 Å². The van der Waals surface area contributed by atoms with E-state index in [0.717, 1.165) is 11.6 Å². The van der Waals surface area contributed by atoms with E-state index in [4.69, 9.17) is 16.1 Å². The van der Waals surface area contributed by atoms with Crippen LogP contribution in [0.5, 0.6) is 0 Å². The Labute approximate surface area is 165 Å². The predicted octanol–water partition coefficient (Wildman–Crippen LogP) is 4.09. The van der Waals surface area contributed by atoms with Gasteiger partial charge < -0.3 is 15.2 Å². The number of nitrogens with zero attached hydrogens (tertiary/aromatic N) is 3. The molecular formula is C19H18ClF2N5O. The van der Waals surface area contributed by atoms with Gasteiger partial charge in [-0.1, -0.05) is 35.0 Å². The maximum Gasteiger partial charge on any atom is 0.246 e. The average Bonchev–Trinajstić information content (AvgIpc) is 3.14. The molecular weight excluding hydrogens is 388 g/mol. The van der Waals surface area contributed by atoms with Gasteiger partial charge in [0.25, 0.3) is 0 Å². The van der Waals surface area contributed by atoms with Crippen molar-refractivity contribution in [3.05, 3.63) is 70.6 Å². The minimum absolute atomic E-state index is 0.214. The zero-order valence-electron chi connectivity index (χ0n) is 15.2. The first kappa shape index (κ1) is 19.8. The van der Waals surface area contributed by atoms with Gasteiger partial charge in [0.2, 0.25) is 11.7 Å². The predicted molar refractivity (Wildman–Crippen MR) is 103 cm³/mol. The van der Waals surface area contributed by atoms with Crippen LogP contribution < -0.4 is 10.6 Å². The highest BCUT2D eigenvalue weighted by Gasteiger charge is 2.14. The molecule has 0 amide bonds. The van der Waals surface area contributed by atoms with Crippen molar-refractivity contribution < 1.29 is 13.3 Å². The van der Waals surface area contributed by atoms with Crippen molar-refractivity contribution in [2.45, 2.75) is 19.5 Å². The Bertz CT molecular complexity index is 992. The molecule has 0 fully saturated rings. The van der Waals surface area contributed by atoms with Crippen molar-refractivity contribution in [1.82, 2.24) is 20.8 Å². The number of benzene rings is 2. The van der Waals surface area contributed by atoms with Gasteiger partial charge in [-0.2, -0.15) is 4.98 Å². The summed E-state index contributed by atoms with van der Waals surface area (Å²) in [6.45, 7) is 1.96. The Morgan fingerprint density at radius 3 is 2.79 bits per heavy atom. The molecule has 28 heavy (non-hydrogen) atoms. The zero-order chi connectivity index (χ0) is 20.1. The van der Waals surface area contributed by atoms with Gasteiger partial charge in [0.05, 0.1) is 12.6 Å². The fourth-order valence-electron chi connectivity index (χ4n) is 2.56.